The quantitative estimate of drug-likeness (QED) is 0.231. The molecular formula is C31H24F6IN3O5. The van der Waals surface area contributed by atoms with Crippen LogP contribution >= 0.6 is 22.6 Å². The number of ether oxygens (including phenoxy) is 2. The standard InChI is InChI=1S/C31H24F6IN3O5/c32-30(33,34)20-10-18(16-1-2-16)9-19(11-20)17-3-5-24-22(12-17)29(44)41-8-7-40(14-25(41)28(43)39-24)27(42)15-45-26-6-4-21(13-23(26)38)46-31(35,36)37/h3-6,9-13,16,25H,1-2,7-8,14-15H2,(H,39,43)/t25-/m0/s1. The Kier molecular flexibility index (Phi) is 8.31. The molecule has 2 heterocycles. The van der Waals surface area contributed by atoms with E-state index in [-0.39, 0.29) is 46.1 Å². The molecule has 3 aromatic carbocycles. The van der Waals surface area contributed by atoms with Crippen LogP contribution in [-0.4, -0.2) is 66.2 Å². The van der Waals surface area contributed by atoms with Gasteiger partial charge in [-0.05, 0) is 101 Å². The number of anilines is 1. The average molecular weight is 759 g/mol. The second-order valence-corrected chi connectivity index (χ2v) is 12.3. The zero-order chi connectivity index (χ0) is 33.0. The number of fused-ring (bicyclic) bond motifs is 2. The number of nitrogens with one attached hydrogen (secondary N) is 1. The van der Waals surface area contributed by atoms with Gasteiger partial charge >= 0.3 is 12.5 Å². The first kappa shape index (κ1) is 31.9. The maximum atomic E-state index is 13.7. The summed E-state index contributed by atoms with van der Waals surface area (Å²) in [5.41, 5.74) is 0.851. The van der Waals surface area contributed by atoms with Gasteiger partial charge in [0.05, 0.1) is 26.9 Å². The third-order valence-electron chi connectivity index (χ3n) is 7.96. The highest BCUT2D eigenvalue weighted by molar-refractivity contribution is 14.1. The smallest absolute Gasteiger partial charge is 0.483 e. The number of amides is 3. The van der Waals surface area contributed by atoms with Gasteiger partial charge in [-0.1, -0.05) is 12.1 Å². The van der Waals surface area contributed by atoms with E-state index < -0.39 is 54.2 Å². The third-order valence-corrected chi connectivity index (χ3v) is 8.80. The maximum absolute atomic E-state index is 13.7. The van der Waals surface area contributed by atoms with Gasteiger partial charge in [-0.3, -0.25) is 14.4 Å². The highest BCUT2D eigenvalue weighted by Gasteiger charge is 2.41. The first-order chi connectivity index (χ1) is 21.7. The van der Waals surface area contributed by atoms with Crippen LogP contribution < -0.4 is 14.8 Å². The molecule has 6 rings (SSSR count). The van der Waals surface area contributed by atoms with E-state index in [1.54, 1.807) is 34.7 Å². The van der Waals surface area contributed by atoms with Crippen molar-refractivity contribution in [1.82, 2.24) is 9.80 Å². The summed E-state index contributed by atoms with van der Waals surface area (Å²) in [7, 11) is 0. The van der Waals surface area contributed by atoms with Crippen molar-refractivity contribution in [2.45, 2.75) is 37.3 Å². The predicted octanol–water partition coefficient (Wildman–Crippen LogP) is 6.44. The first-order valence-corrected chi connectivity index (χ1v) is 15.2. The van der Waals surface area contributed by atoms with Crippen LogP contribution in [0.2, 0.25) is 0 Å². The molecule has 3 aromatic rings. The third kappa shape index (κ3) is 6.88. The molecule has 0 bridgehead atoms. The Balaban J connectivity index is 1.16. The molecule has 0 unspecified atom stereocenters. The zero-order valence-corrected chi connectivity index (χ0v) is 25.8. The monoisotopic (exact) mass is 759 g/mol. The second kappa shape index (κ2) is 12.0. The van der Waals surface area contributed by atoms with Crippen molar-refractivity contribution in [1.29, 1.82) is 0 Å². The fraction of sp³-hybridized carbons (Fsp3) is 0.323. The van der Waals surface area contributed by atoms with E-state index in [2.05, 4.69) is 10.1 Å². The van der Waals surface area contributed by atoms with E-state index in [0.29, 0.717) is 16.7 Å². The molecule has 2 aliphatic heterocycles. The van der Waals surface area contributed by atoms with Crippen molar-refractivity contribution in [3.8, 4) is 22.6 Å². The van der Waals surface area contributed by atoms with E-state index in [9.17, 15) is 40.7 Å². The summed E-state index contributed by atoms with van der Waals surface area (Å²) < 4.78 is 88.2. The van der Waals surface area contributed by atoms with E-state index in [0.717, 1.165) is 37.1 Å². The number of rotatable bonds is 6. The van der Waals surface area contributed by atoms with Gasteiger partial charge in [0.1, 0.15) is 17.5 Å². The highest BCUT2D eigenvalue weighted by atomic mass is 127. The van der Waals surface area contributed by atoms with Gasteiger partial charge < -0.3 is 24.6 Å². The van der Waals surface area contributed by atoms with Gasteiger partial charge in [-0.25, -0.2) is 0 Å². The summed E-state index contributed by atoms with van der Waals surface area (Å²) in [6, 6.07) is 10.8. The highest BCUT2D eigenvalue weighted by Crippen LogP contribution is 2.44. The molecule has 15 heteroatoms. The van der Waals surface area contributed by atoms with Crippen LogP contribution in [0.15, 0.2) is 54.6 Å². The van der Waals surface area contributed by atoms with Gasteiger partial charge in [0.2, 0.25) is 5.91 Å². The van der Waals surface area contributed by atoms with Gasteiger partial charge in [-0.2, -0.15) is 13.2 Å². The average Bonchev–Trinajstić information content (AvgIpc) is 3.85. The number of carbonyl (C=O) groups excluding carboxylic acids is 3. The largest absolute Gasteiger partial charge is 0.573 e. The molecule has 1 saturated heterocycles. The molecule has 242 valence electrons. The first-order valence-electron chi connectivity index (χ1n) is 14.1. The summed E-state index contributed by atoms with van der Waals surface area (Å²) in [6.45, 7) is -0.543. The predicted molar refractivity (Wildman–Crippen MR) is 160 cm³/mol. The summed E-state index contributed by atoms with van der Waals surface area (Å²) in [5, 5.41) is 2.71. The van der Waals surface area contributed by atoms with E-state index in [1.165, 1.54) is 28.0 Å². The van der Waals surface area contributed by atoms with Crippen molar-refractivity contribution in [2.75, 3.05) is 31.6 Å². The Labute approximate surface area is 271 Å². The summed E-state index contributed by atoms with van der Waals surface area (Å²) in [4.78, 5) is 42.6. The van der Waals surface area contributed by atoms with Gasteiger partial charge in [0.25, 0.3) is 11.8 Å². The molecule has 46 heavy (non-hydrogen) atoms. The lowest BCUT2D eigenvalue weighted by Crippen LogP contribution is -2.60. The van der Waals surface area contributed by atoms with Crippen molar-refractivity contribution >= 4 is 46.0 Å². The van der Waals surface area contributed by atoms with E-state index >= 15 is 0 Å². The SMILES string of the molecule is O=C1Nc2ccc(-c3cc(C4CC4)cc(C(F)(F)F)c3)cc2C(=O)N2CCN(C(=O)COc3ccc(OC(F)(F)F)cc3I)C[C@@H]12. The van der Waals surface area contributed by atoms with E-state index in [4.69, 9.17) is 4.74 Å². The molecule has 3 aliphatic rings. The number of piperazine rings is 1. The minimum absolute atomic E-state index is 0.00271. The Morgan fingerprint density at radius 2 is 1.70 bits per heavy atom. The van der Waals surface area contributed by atoms with Crippen LogP contribution in [0.1, 0.15) is 40.2 Å². The summed E-state index contributed by atoms with van der Waals surface area (Å²) in [6.07, 6.45) is -7.78. The number of alkyl halides is 6. The van der Waals surface area contributed by atoms with Crippen LogP contribution in [0, 0.1) is 3.57 Å². The van der Waals surface area contributed by atoms with Gasteiger partial charge in [-0.15, -0.1) is 13.2 Å². The fourth-order valence-corrected chi connectivity index (χ4v) is 6.16. The minimum Gasteiger partial charge on any atom is -0.483 e. The molecule has 0 radical (unpaired) electrons. The molecule has 1 N–H and O–H groups in total. The lowest BCUT2D eigenvalue weighted by Gasteiger charge is -2.39. The summed E-state index contributed by atoms with van der Waals surface area (Å²) >= 11 is 1.75. The lowest BCUT2D eigenvalue weighted by atomic mass is 9.95. The minimum atomic E-state index is -4.86. The Morgan fingerprint density at radius 3 is 2.37 bits per heavy atom. The number of hydrogen-bond donors (Lipinski definition) is 1. The van der Waals surface area contributed by atoms with Gasteiger partial charge in [0, 0.05) is 13.1 Å². The Hall–Kier alpha value is -4.02. The van der Waals surface area contributed by atoms with Crippen molar-refractivity contribution in [3.05, 3.63) is 74.9 Å². The van der Waals surface area contributed by atoms with Crippen LogP contribution in [0.3, 0.4) is 0 Å². The topological polar surface area (TPSA) is 88.2 Å². The van der Waals surface area contributed by atoms with Crippen LogP contribution in [-0.2, 0) is 15.8 Å². The number of hydrogen-bond acceptors (Lipinski definition) is 5. The summed E-state index contributed by atoms with van der Waals surface area (Å²) in [5.74, 6) is -1.78. The molecular weight excluding hydrogens is 735 g/mol. The van der Waals surface area contributed by atoms with Crippen LogP contribution in [0.25, 0.3) is 11.1 Å². The second-order valence-electron chi connectivity index (χ2n) is 11.1. The molecule has 0 aromatic heterocycles. The van der Waals surface area contributed by atoms with Crippen molar-refractivity contribution < 1.29 is 50.2 Å². The number of nitrogens with zero attached hydrogens (tertiary/aromatic N) is 2. The number of carbonyl (C=O) groups is 3. The normalized spacial score (nSPS) is 18.4. The molecule has 0 spiro atoms. The Bertz CT molecular complexity index is 1730. The lowest BCUT2D eigenvalue weighted by molar-refractivity contribution is -0.274. The molecule has 1 saturated carbocycles. The Morgan fingerprint density at radius 1 is 0.935 bits per heavy atom. The maximum Gasteiger partial charge on any atom is 0.573 e. The van der Waals surface area contributed by atoms with Gasteiger partial charge in [0.15, 0.2) is 6.61 Å². The molecule has 3 amide bonds. The van der Waals surface area contributed by atoms with Crippen molar-refractivity contribution in [2.24, 2.45) is 0 Å². The number of benzene rings is 3. The fourth-order valence-electron chi connectivity index (χ4n) is 5.52. The van der Waals surface area contributed by atoms with Crippen LogP contribution in [0.5, 0.6) is 11.5 Å². The van der Waals surface area contributed by atoms with Crippen molar-refractivity contribution in [3.63, 3.8) is 0 Å². The van der Waals surface area contributed by atoms with E-state index in [1.807, 2.05) is 0 Å². The molecule has 2 fully saturated rings. The zero-order valence-electron chi connectivity index (χ0n) is 23.7. The molecule has 1 atom stereocenters. The molecule has 1 aliphatic carbocycles. The molecule has 8 nitrogen and oxygen atoms in total. The number of halogens is 7. The van der Waals surface area contributed by atoms with Crippen LogP contribution in [0.4, 0.5) is 32.0 Å².